The number of nitrogens with zero attached hydrogens (tertiary/aromatic N) is 1. The van der Waals surface area contributed by atoms with Gasteiger partial charge in [-0.1, -0.05) is 25.1 Å². The number of hydrogen-bond donors (Lipinski definition) is 1. The van der Waals surface area contributed by atoms with Gasteiger partial charge in [0.1, 0.15) is 23.0 Å². The Kier molecular flexibility index (Phi) is 4.84. The summed E-state index contributed by atoms with van der Waals surface area (Å²) >= 11 is 0. The molecular formula is C20H20N2O3. The van der Waals surface area contributed by atoms with Gasteiger partial charge in [-0.05, 0) is 47.9 Å². The fourth-order valence-electron chi connectivity index (χ4n) is 2.76. The van der Waals surface area contributed by atoms with Crippen LogP contribution in [0.4, 0.5) is 0 Å². The number of para-hydroxylation sites is 1. The number of methoxy groups -OCH3 is 2. The summed E-state index contributed by atoms with van der Waals surface area (Å²) in [4.78, 5) is 16.7. The second kappa shape index (κ2) is 7.21. The molecule has 0 saturated heterocycles. The van der Waals surface area contributed by atoms with Crippen LogP contribution in [0, 0.1) is 0 Å². The summed E-state index contributed by atoms with van der Waals surface area (Å²) in [5, 5.41) is 2.80. The van der Waals surface area contributed by atoms with E-state index < -0.39 is 0 Å². The van der Waals surface area contributed by atoms with Crippen molar-refractivity contribution in [3.05, 3.63) is 64.9 Å². The lowest BCUT2D eigenvalue weighted by atomic mass is 10.1. The molecule has 128 valence electrons. The number of rotatable bonds is 5. The van der Waals surface area contributed by atoms with E-state index in [-0.39, 0.29) is 5.91 Å². The average molecular weight is 336 g/mol. The second-order valence-electron chi connectivity index (χ2n) is 5.57. The number of carbonyl (C=O) groups excluding carboxylic acids is 1. The molecule has 25 heavy (non-hydrogen) atoms. The summed E-state index contributed by atoms with van der Waals surface area (Å²) in [6.45, 7) is 2.06. The normalized spacial score (nSPS) is 15.1. The first-order chi connectivity index (χ1) is 12.2. The summed E-state index contributed by atoms with van der Waals surface area (Å²) in [5.74, 6) is 1.78. The van der Waals surface area contributed by atoms with Gasteiger partial charge in [-0.15, -0.1) is 0 Å². The van der Waals surface area contributed by atoms with E-state index in [2.05, 4.69) is 17.2 Å². The van der Waals surface area contributed by atoms with Crippen LogP contribution >= 0.6 is 0 Å². The monoisotopic (exact) mass is 336 g/mol. The number of carbonyl (C=O) groups is 1. The van der Waals surface area contributed by atoms with Crippen LogP contribution in [0.5, 0.6) is 11.5 Å². The zero-order valence-corrected chi connectivity index (χ0v) is 14.5. The van der Waals surface area contributed by atoms with Crippen LogP contribution in [0.3, 0.4) is 0 Å². The van der Waals surface area contributed by atoms with Crippen molar-refractivity contribution in [3.8, 4) is 11.5 Å². The van der Waals surface area contributed by atoms with Crippen molar-refractivity contribution in [2.75, 3.05) is 14.2 Å². The number of nitrogens with one attached hydrogen (secondary N) is 1. The molecular weight excluding hydrogens is 316 g/mol. The summed E-state index contributed by atoms with van der Waals surface area (Å²) in [7, 11) is 3.25. The smallest absolute Gasteiger partial charge is 0.275 e. The van der Waals surface area contributed by atoms with E-state index in [1.165, 1.54) is 0 Å². The Bertz CT molecular complexity index is 869. The van der Waals surface area contributed by atoms with Gasteiger partial charge in [0.25, 0.3) is 5.91 Å². The van der Waals surface area contributed by atoms with Crippen LogP contribution < -0.4 is 14.8 Å². The third kappa shape index (κ3) is 3.40. The topological polar surface area (TPSA) is 59.9 Å². The molecule has 0 atom stereocenters. The predicted octanol–water partition coefficient (Wildman–Crippen LogP) is 3.18. The highest BCUT2D eigenvalue weighted by atomic mass is 16.5. The minimum absolute atomic E-state index is 0.227. The van der Waals surface area contributed by atoms with Crippen LogP contribution in [0.15, 0.2) is 53.2 Å². The van der Waals surface area contributed by atoms with E-state index in [0.29, 0.717) is 17.3 Å². The maximum absolute atomic E-state index is 12.3. The molecule has 2 aromatic carbocycles. The van der Waals surface area contributed by atoms with E-state index in [0.717, 1.165) is 28.9 Å². The van der Waals surface area contributed by atoms with E-state index in [9.17, 15) is 4.79 Å². The van der Waals surface area contributed by atoms with Crippen LogP contribution in [0.1, 0.15) is 23.6 Å². The maximum Gasteiger partial charge on any atom is 0.275 e. The molecule has 5 heteroatoms. The molecule has 0 fully saturated rings. The lowest BCUT2D eigenvalue weighted by Gasteiger charge is -2.07. The molecule has 0 unspecified atom stereocenters. The first-order valence-electron chi connectivity index (χ1n) is 8.08. The summed E-state index contributed by atoms with van der Waals surface area (Å²) < 4.78 is 10.7. The van der Waals surface area contributed by atoms with Gasteiger partial charge >= 0.3 is 0 Å². The first kappa shape index (κ1) is 16.8. The number of aryl methyl sites for hydroxylation is 1. The standard InChI is InChI=1S/C20H20N2O3/c1-4-14-11-13(9-10-17(14)24-2)12-16-20(23)22-19(21-16)15-7-5-6-8-18(15)25-3/h5-12H,4H2,1-3H3,(H,21,22,23)/b16-12+. The molecule has 1 heterocycles. The summed E-state index contributed by atoms with van der Waals surface area (Å²) in [6.07, 6.45) is 2.62. The largest absolute Gasteiger partial charge is 0.496 e. The average Bonchev–Trinajstić information content (AvgIpc) is 3.01. The number of amidine groups is 1. The maximum atomic E-state index is 12.3. The quantitative estimate of drug-likeness (QED) is 0.853. The Labute approximate surface area is 147 Å². The Morgan fingerprint density at radius 2 is 1.84 bits per heavy atom. The fourth-order valence-corrected chi connectivity index (χ4v) is 2.76. The minimum atomic E-state index is -0.227. The molecule has 0 bridgehead atoms. The van der Waals surface area contributed by atoms with Crippen molar-refractivity contribution < 1.29 is 14.3 Å². The van der Waals surface area contributed by atoms with Crippen LogP contribution in [-0.4, -0.2) is 26.0 Å². The number of benzene rings is 2. The molecule has 0 aromatic heterocycles. The Morgan fingerprint density at radius 3 is 2.56 bits per heavy atom. The lowest BCUT2D eigenvalue weighted by molar-refractivity contribution is -0.115. The second-order valence-corrected chi connectivity index (χ2v) is 5.57. The van der Waals surface area contributed by atoms with Crippen LogP contribution in [-0.2, 0) is 11.2 Å². The molecule has 0 saturated carbocycles. The zero-order chi connectivity index (χ0) is 17.8. The van der Waals surface area contributed by atoms with Crippen LogP contribution in [0.25, 0.3) is 6.08 Å². The summed E-state index contributed by atoms with van der Waals surface area (Å²) in [5.41, 5.74) is 3.12. The van der Waals surface area contributed by atoms with Gasteiger partial charge in [-0.25, -0.2) is 4.99 Å². The number of ether oxygens (including phenoxy) is 2. The first-order valence-corrected chi connectivity index (χ1v) is 8.08. The van der Waals surface area contributed by atoms with E-state index in [4.69, 9.17) is 9.47 Å². The van der Waals surface area contributed by atoms with Crippen molar-refractivity contribution >= 4 is 17.8 Å². The molecule has 0 radical (unpaired) electrons. The molecule has 1 N–H and O–H groups in total. The van der Waals surface area contributed by atoms with Crippen molar-refractivity contribution in [2.24, 2.45) is 4.99 Å². The van der Waals surface area contributed by atoms with E-state index in [1.807, 2.05) is 42.5 Å². The van der Waals surface area contributed by atoms with Gasteiger partial charge in [0.15, 0.2) is 0 Å². The lowest BCUT2D eigenvalue weighted by Crippen LogP contribution is -2.25. The molecule has 1 aliphatic heterocycles. The van der Waals surface area contributed by atoms with Crippen molar-refractivity contribution in [1.29, 1.82) is 0 Å². The Hall–Kier alpha value is -3.08. The molecule has 5 nitrogen and oxygen atoms in total. The number of aliphatic imine (C=N–C) groups is 1. The van der Waals surface area contributed by atoms with Gasteiger partial charge in [0.05, 0.1) is 19.8 Å². The molecule has 1 amide bonds. The van der Waals surface area contributed by atoms with Crippen molar-refractivity contribution in [2.45, 2.75) is 13.3 Å². The molecule has 0 aliphatic carbocycles. The SMILES string of the molecule is CCc1cc(/C=C2/N=C(c3ccccc3OC)NC2=O)ccc1OC. The third-order valence-electron chi connectivity index (χ3n) is 4.05. The molecule has 0 spiro atoms. The fraction of sp³-hybridized carbons (Fsp3) is 0.200. The molecule has 2 aromatic rings. The van der Waals surface area contributed by atoms with Crippen LogP contribution in [0.2, 0.25) is 0 Å². The van der Waals surface area contributed by atoms with Gasteiger partial charge in [-0.2, -0.15) is 0 Å². The zero-order valence-electron chi connectivity index (χ0n) is 14.5. The predicted molar refractivity (Wildman–Crippen MR) is 98.0 cm³/mol. The van der Waals surface area contributed by atoms with E-state index in [1.54, 1.807) is 20.3 Å². The highest BCUT2D eigenvalue weighted by molar-refractivity contribution is 6.20. The number of hydrogen-bond acceptors (Lipinski definition) is 4. The highest BCUT2D eigenvalue weighted by Crippen LogP contribution is 2.24. The van der Waals surface area contributed by atoms with Gasteiger partial charge in [0, 0.05) is 0 Å². The van der Waals surface area contributed by atoms with Crippen molar-refractivity contribution in [1.82, 2.24) is 5.32 Å². The van der Waals surface area contributed by atoms with Gasteiger partial charge in [-0.3, -0.25) is 4.79 Å². The molecule has 3 rings (SSSR count). The summed E-state index contributed by atoms with van der Waals surface area (Å²) in [6, 6.07) is 13.3. The van der Waals surface area contributed by atoms with E-state index >= 15 is 0 Å². The minimum Gasteiger partial charge on any atom is -0.496 e. The van der Waals surface area contributed by atoms with Crippen molar-refractivity contribution in [3.63, 3.8) is 0 Å². The Morgan fingerprint density at radius 1 is 1.08 bits per heavy atom. The highest BCUT2D eigenvalue weighted by Gasteiger charge is 2.23. The Balaban J connectivity index is 1.96. The number of amides is 1. The van der Waals surface area contributed by atoms with Gasteiger partial charge in [0.2, 0.25) is 0 Å². The van der Waals surface area contributed by atoms with Gasteiger partial charge < -0.3 is 14.8 Å². The third-order valence-corrected chi connectivity index (χ3v) is 4.05. The molecule has 1 aliphatic rings.